The second-order valence-corrected chi connectivity index (χ2v) is 7.16. The second-order valence-electron chi connectivity index (χ2n) is 5.41. The number of thiophene rings is 1. The third kappa shape index (κ3) is 5.02. The fraction of sp³-hybridized carbons (Fsp3) is 0.222. The Bertz CT molecular complexity index is 812. The maximum absolute atomic E-state index is 13.2. The van der Waals surface area contributed by atoms with Crippen molar-refractivity contribution in [3.63, 3.8) is 0 Å². The lowest BCUT2D eigenvalue weighted by Gasteiger charge is -2.11. The first-order valence-corrected chi connectivity index (χ1v) is 9.71. The summed E-state index contributed by atoms with van der Waals surface area (Å²) in [6.45, 7) is 6.83. The first-order chi connectivity index (χ1) is 12.3. The van der Waals surface area contributed by atoms with Gasteiger partial charge in [0.15, 0.2) is 0 Å². The van der Waals surface area contributed by atoms with Crippen LogP contribution in [0.25, 0.3) is 21.7 Å². The molecular weight excluding hydrogens is 355 g/mol. The van der Waals surface area contributed by atoms with Crippen molar-refractivity contribution in [1.29, 1.82) is 0 Å². The van der Waals surface area contributed by atoms with Crippen LogP contribution in [0.4, 0.5) is 9.52 Å². The van der Waals surface area contributed by atoms with Crippen molar-refractivity contribution in [2.24, 2.45) is 4.99 Å². The summed E-state index contributed by atoms with van der Waals surface area (Å²) in [4.78, 5) is 9.17. The summed E-state index contributed by atoms with van der Waals surface area (Å²) in [5.41, 5.74) is 2.79. The molecule has 25 heavy (non-hydrogen) atoms. The maximum atomic E-state index is 13.2. The Kier molecular flexibility index (Phi) is 6.41. The number of halogens is 1. The Balaban J connectivity index is 0.000000258. The predicted octanol–water partition coefficient (Wildman–Crippen LogP) is 4.54. The van der Waals surface area contributed by atoms with Crippen LogP contribution in [0.1, 0.15) is 6.42 Å². The summed E-state index contributed by atoms with van der Waals surface area (Å²) >= 11 is 3.03. The molecule has 1 aromatic carbocycles. The monoisotopic (exact) mass is 374 g/mol. The second kappa shape index (κ2) is 8.96. The molecule has 3 heterocycles. The number of nitrogens with zero attached hydrogens (tertiary/aromatic N) is 2. The van der Waals surface area contributed by atoms with Gasteiger partial charge in [-0.3, -0.25) is 0 Å². The fourth-order valence-corrected chi connectivity index (χ4v) is 3.87. The van der Waals surface area contributed by atoms with Gasteiger partial charge in [0.2, 0.25) is 5.13 Å². The molecule has 3 aromatic rings. The van der Waals surface area contributed by atoms with Crippen molar-refractivity contribution >= 4 is 34.5 Å². The molecule has 1 aliphatic rings. The van der Waals surface area contributed by atoms with Crippen LogP contribution in [-0.4, -0.2) is 31.5 Å². The molecule has 4 nitrogen and oxygen atoms in total. The van der Waals surface area contributed by atoms with E-state index in [1.54, 1.807) is 17.4 Å². The SMILES string of the molecule is C1CNCNC1.C=Nc1nc(-c2csc(-c3cccc(F)c3)c2)cs1. The maximum Gasteiger partial charge on any atom is 0.209 e. The summed E-state index contributed by atoms with van der Waals surface area (Å²) < 4.78 is 13.2. The Morgan fingerprint density at radius 2 is 1.92 bits per heavy atom. The van der Waals surface area contributed by atoms with E-state index in [1.165, 1.54) is 43.0 Å². The molecule has 4 rings (SSSR count). The molecule has 0 bridgehead atoms. The molecule has 2 aromatic heterocycles. The number of benzene rings is 1. The Labute approximate surface area is 154 Å². The van der Waals surface area contributed by atoms with E-state index in [2.05, 4.69) is 27.3 Å². The highest BCUT2D eigenvalue weighted by Gasteiger charge is 2.08. The Morgan fingerprint density at radius 3 is 2.52 bits per heavy atom. The van der Waals surface area contributed by atoms with E-state index in [4.69, 9.17) is 0 Å². The molecule has 1 aliphatic heterocycles. The summed E-state index contributed by atoms with van der Waals surface area (Å²) in [5, 5.41) is 11.0. The van der Waals surface area contributed by atoms with E-state index in [1.807, 2.05) is 22.9 Å². The highest BCUT2D eigenvalue weighted by molar-refractivity contribution is 7.14. The van der Waals surface area contributed by atoms with Crippen molar-refractivity contribution in [3.8, 4) is 21.7 Å². The van der Waals surface area contributed by atoms with Gasteiger partial charge in [-0.15, -0.1) is 22.7 Å². The number of aromatic nitrogens is 1. The van der Waals surface area contributed by atoms with E-state index in [0.29, 0.717) is 5.13 Å². The molecule has 7 heteroatoms. The minimum atomic E-state index is -0.223. The third-order valence-corrected chi connectivity index (χ3v) is 5.34. The van der Waals surface area contributed by atoms with Gasteiger partial charge in [-0.25, -0.2) is 14.4 Å². The zero-order valence-electron chi connectivity index (χ0n) is 13.7. The van der Waals surface area contributed by atoms with Crippen molar-refractivity contribution < 1.29 is 4.39 Å². The summed E-state index contributed by atoms with van der Waals surface area (Å²) in [7, 11) is 0. The quantitative estimate of drug-likeness (QED) is 0.662. The van der Waals surface area contributed by atoms with E-state index in [-0.39, 0.29) is 5.82 Å². The topological polar surface area (TPSA) is 49.3 Å². The lowest BCUT2D eigenvalue weighted by Crippen LogP contribution is -2.37. The average Bonchev–Trinajstić information content (AvgIpc) is 3.33. The molecule has 130 valence electrons. The smallest absolute Gasteiger partial charge is 0.209 e. The van der Waals surface area contributed by atoms with E-state index < -0.39 is 0 Å². The van der Waals surface area contributed by atoms with Crippen molar-refractivity contribution in [3.05, 3.63) is 46.9 Å². The van der Waals surface area contributed by atoms with Gasteiger partial charge in [0, 0.05) is 27.9 Å². The number of hydrogen-bond donors (Lipinski definition) is 2. The molecule has 0 spiro atoms. The van der Waals surface area contributed by atoms with Gasteiger partial charge in [0.25, 0.3) is 0 Å². The van der Waals surface area contributed by atoms with Crippen molar-refractivity contribution in [1.82, 2.24) is 15.6 Å². The summed E-state index contributed by atoms with van der Waals surface area (Å²) in [6, 6.07) is 8.61. The molecule has 0 radical (unpaired) electrons. The van der Waals surface area contributed by atoms with Crippen LogP contribution >= 0.6 is 22.7 Å². The first-order valence-electron chi connectivity index (χ1n) is 7.95. The number of rotatable bonds is 3. The van der Waals surface area contributed by atoms with Crippen LogP contribution in [0.2, 0.25) is 0 Å². The lowest BCUT2D eigenvalue weighted by molar-refractivity contribution is 0.496. The fourth-order valence-electron chi connectivity index (χ4n) is 2.34. The van der Waals surface area contributed by atoms with E-state index >= 15 is 0 Å². The van der Waals surface area contributed by atoms with E-state index in [0.717, 1.165) is 28.4 Å². The minimum Gasteiger partial charge on any atom is -0.304 e. The van der Waals surface area contributed by atoms with Gasteiger partial charge in [-0.1, -0.05) is 12.1 Å². The van der Waals surface area contributed by atoms with Crippen LogP contribution in [0, 0.1) is 5.82 Å². The van der Waals surface area contributed by atoms with Gasteiger partial charge < -0.3 is 10.6 Å². The van der Waals surface area contributed by atoms with Crippen molar-refractivity contribution in [2.75, 3.05) is 19.8 Å². The molecule has 0 aliphatic carbocycles. The molecule has 0 amide bonds. The third-order valence-electron chi connectivity index (χ3n) is 3.59. The molecule has 0 unspecified atom stereocenters. The van der Waals surface area contributed by atoms with Gasteiger partial charge in [0.05, 0.1) is 5.69 Å². The van der Waals surface area contributed by atoms with Crippen molar-refractivity contribution in [2.45, 2.75) is 6.42 Å². The molecule has 2 N–H and O–H groups in total. The highest BCUT2D eigenvalue weighted by Crippen LogP contribution is 2.34. The number of nitrogens with one attached hydrogen (secondary N) is 2. The standard InChI is InChI=1S/C14H9FN2S2.C4H10N2/c1-16-14-17-12(8-19-14)10-6-13(18-7-10)9-3-2-4-11(15)5-9;1-2-5-4-6-3-1/h2-8H,1H2;5-6H,1-4H2. The van der Waals surface area contributed by atoms with E-state index in [9.17, 15) is 4.39 Å². The van der Waals surface area contributed by atoms with Crippen LogP contribution in [-0.2, 0) is 0 Å². The van der Waals surface area contributed by atoms with Gasteiger partial charge >= 0.3 is 0 Å². The molecule has 0 saturated carbocycles. The largest absolute Gasteiger partial charge is 0.304 e. The zero-order chi connectivity index (χ0) is 17.5. The summed E-state index contributed by atoms with van der Waals surface area (Å²) in [6.07, 6.45) is 1.28. The van der Waals surface area contributed by atoms with Crippen LogP contribution in [0.3, 0.4) is 0 Å². The molecule has 0 atom stereocenters. The van der Waals surface area contributed by atoms with Crippen LogP contribution in [0.5, 0.6) is 0 Å². The Hall–Kier alpha value is -1.93. The van der Waals surface area contributed by atoms with Crippen LogP contribution < -0.4 is 10.6 Å². The number of aliphatic imine (C=N–C) groups is 1. The number of hydrogen-bond acceptors (Lipinski definition) is 6. The highest BCUT2D eigenvalue weighted by atomic mass is 32.1. The average molecular weight is 375 g/mol. The minimum absolute atomic E-state index is 0.223. The first kappa shape index (κ1) is 17.9. The normalized spacial score (nSPS) is 13.8. The number of thiazole rings is 1. The molecular formula is C18H19FN4S2. The van der Waals surface area contributed by atoms with Gasteiger partial charge in [0.1, 0.15) is 5.82 Å². The summed E-state index contributed by atoms with van der Waals surface area (Å²) in [5.74, 6) is -0.223. The van der Waals surface area contributed by atoms with Crippen LogP contribution in [0.15, 0.2) is 46.1 Å². The van der Waals surface area contributed by atoms with Gasteiger partial charge in [-0.2, -0.15) is 0 Å². The lowest BCUT2D eigenvalue weighted by atomic mass is 10.1. The molecule has 1 saturated heterocycles. The Morgan fingerprint density at radius 1 is 1.08 bits per heavy atom. The zero-order valence-corrected chi connectivity index (χ0v) is 15.3. The van der Waals surface area contributed by atoms with Gasteiger partial charge in [-0.05, 0) is 50.0 Å². The predicted molar refractivity (Wildman–Crippen MR) is 106 cm³/mol. The molecule has 1 fully saturated rings.